The molecule has 3 aromatic rings. The quantitative estimate of drug-likeness (QED) is 0.705. The van der Waals surface area contributed by atoms with E-state index < -0.39 is 0 Å². The van der Waals surface area contributed by atoms with Gasteiger partial charge in [-0.05, 0) is 6.07 Å². The van der Waals surface area contributed by atoms with Crippen molar-refractivity contribution in [3.63, 3.8) is 0 Å². The molecule has 0 aliphatic rings. The molecule has 6 nitrogen and oxygen atoms in total. The van der Waals surface area contributed by atoms with Gasteiger partial charge >= 0.3 is 0 Å². The Kier molecular flexibility index (Phi) is 2.38. The summed E-state index contributed by atoms with van der Waals surface area (Å²) in [5.74, 6) is 1.34. The molecule has 0 fully saturated rings. The highest BCUT2D eigenvalue weighted by atomic mass is 15.2. The van der Waals surface area contributed by atoms with Crippen molar-refractivity contribution in [2.24, 2.45) is 0 Å². The summed E-state index contributed by atoms with van der Waals surface area (Å²) in [6.07, 6.45) is 3.27. The zero-order valence-corrected chi connectivity index (χ0v) is 8.96. The van der Waals surface area contributed by atoms with Gasteiger partial charge in [0.05, 0.1) is 12.1 Å². The maximum absolute atomic E-state index is 4.39. The van der Waals surface area contributed by atoms with E-state index in [2.05, 4.69) is 30.5 Å². The molecule has 0 amide bonds. The van der Waals surface area contributed by atoms with Crippen molar-refractivity contribution >= 4 is 16.9 Å². The Morgan fingerprint density at radius 3 is 3.00 bits per heavy atom. The molecule has 6 heteroatoms. The highest BCUT2D eigenvalue weighted by Gasteiger charge is 2.00. The Morgan fingerprint density at radius 1 is 1.18 bits per heavy atom. The lowest BCUT2D eigenvalue weighted by Gasteiger charge is -2.03. The average molecular weight is 226 g/mol. The van der Waals surface area contributed by atoms with Crippen molar-refractivity contribution in [3.8, 4) is 0 Å². The van der Waals surface area contributed by atoms with Crippen LogP contribution in [-0.4, -0.2) is 25.1 Å². The maximum atomic E-state index is 4.39. The summed E-state index contributed by atoms with van der Waals surface area (Å²) < 4.78 is 0. The van der Waals surface area contributed by atoms with Crippen LogP contribution >= 0.6 is 0 Å². The van der Waals surface area contributed by atoms with E-state index in [1.54, 1.807) is 6.20 Å². The van der Waals surface area contributed by atoms with Gasteiger partial charge in [0, 0.05) is 11.6 Å². The summed E-state index contributed by atoms with van der Waals surface area (Å²) >= 11 is 0. The van der Waals surface area contributed by atoms with E-state index in [4.69, 9.17) is 0 Å². The second-order valence-electron chi connectivity index (χ2n) is 3.54. The van der Waals surface area contributed by atoms with Crippen molar-refractivity contribution < 1.29 is 0 Å². The van der Waals surface area contributed by atoms with Crippen LogP contribution in [0.15, 0.2) is 36.8 Å². The van der Waals surface area contributed by atoms with Gasteiger partial charge in [0.15, 0.2) is 0 Å². The Hall–Kier alpha value is -2.50. The summed E-state index contributed by atoms with van der Waals surface area (Å²) in [5.41, 5.74) is 0.919. The van der Waals surface area contributed by atoms with Gasteiger partial charge in [-0.3, -0.25) is 5.10 Å². The zero-order valence-electron chi connectivity index (χ0n) is 8.96. The maximum Gasteiger partial charge on any atom is 0.223 e. The fourth-order valence-electron chi connectivity index (χ4n) is 1.54. The van der Waals surface area contributed by atoms with Crippen LogP contribution in [0.4, 0.5) is 5.95 Å². The highest BCUT2D eigenvalue weighted by Crippen LogP contribution is 2.11. The van der Waals surface area contributed by atoms with E-state index in [9.17, 15) is 0 Å². The predicted octanol–water partition coefficient (Wildman–Crippen LogP) is 1.36. The number of para-hydroxylation sites is 1. The minimum absolute atomic E-state index is 0.526. The van der Waals surface area contributed by atoms with Gasteiger partial charge in [0.2, 0.25) is 5.95 Å². The van der Waals surface area contributed by atoms with Crippen molar-refractivity contribution in [2.75, 3.05) is 5.32 Å². The van der Waals surface area contributed by atoms with Crippen molar-refractivity contribution in [1.29, 1.82) is 0 Å². The molecule has 84 valence electrons. The van der Waals surface area contributed by atoms with Crippen LogP contribution in [-0.2, 0) is 6.54 Å². The molecule has 0 saturated heterocycles. The minimum atomic E-state index is 0.526. The Labute approximate surface area is 97.1 Å². The van der Waals surface area contributed by atoms with E-state index in [1.807, 2.05) is 24.3 Å². The smallest absolute Gasteiger partial charge is 0.223 e. The topological polar surface area (TPSA) is 79.4 Å². The third kappa shape index (κ3) is 2.05. The molecule has 0 atom stereocenters. The number of fused-ring (bicyclic) bond motifs is 1. The van der Waals surface area contributed by atoms with Gasteiger partial charge in [0.25, 0.3) is 0 Å². The van der Waals surface area contributed by atoms with Gasteiger partial charge in [0.1, 0.15) is 12.2 Å². The number of nitrogens with zero attached hydrogens (tertiary/aromatic N) is 4. The third-order valence-electron chi connectivity index (χ3n) is 2.37. The summed E-state index contributed by atoms with van der Waals surface area (Å²) in [7, 11) is 0. The van der Waals surface area contributed by atoms with Gasteiger partial charge < -0.3 is 5.32 Å². The Bertz CT molecular complexity index is 619. The number of hydrogen-bond donors (Lipinski definition) is 2. The van der Waals surface area contributed by atoms with Crippen molar-refractivity contribution in [1.82, 2.24) is 25.1 Å². The lowest BCUT2D eigenvalue weighted by atomic mass is 10.2. The Morgan fingerprint density at radius 2 is 2.12 bits per heavy atom. The monoisotopic (exact) mass is 226 g/mol. The molecule has 2 heterocycles. The van der Waals surface area contributed by atoms with Gasteiger partial charge in [-0.2, -0.15) is 5.10 Å². The molecule has 1 aromatic carbocycles. The molecule has 0 unspecified atom stereocenters. The highest BCUT2D eigenvalue weighted by molar-refractivity contribution is 5.78. The zero-order chi connectivity index (χ0) is 11.5. The summed E-state index contributed by atoms with van der Waals surface area (Å²) in [6.45, 7) is 0.526. The molecule has 0 saturated carbocycles. The molecule has 17 heavy (non-hydrogen) atoms. The molecule has 0 spiro atoms. The summed E-state index contributed by atoms with van der Waals surface area (Å²) in [5, 5.41) is 10.6. The van der Waals surface area contributed by atoms with E-state index in [0.717, 1.165) is 16.7 Å². The summed E-state index contributed by atoms with van der Waals surface area (Å²) in [4.78, 5) is 12.6. The molecule has 3 rings (SSSR count). The fraction of sp³-hybridized carbons (Fsp3) is 0.0909. The fourth-order valence-corrected chi connectivity index (χ4v) is 1.54. The van der Waals surface area contributed by atoms with E-state index in [1.165, 1.54) is 6.33 Å². The van der Waals surface area contributed by atoms with E-state index >= 15 is 0 Å². The van der Waals surface area contributed by atoms with Crippen LogP contribution in [0.3, 0.4) is 0 Å². The van der Waals surface area contributed by atoms with Crippen molar-refractivity contribution in [2.45, 2.75) is 6.54 Å². The van der Waals surface area contributed by atoms with Crippen molar-refractivity contribution in [3.05, 3.63) is 42.6 Å². The number of hydrogen-bond acceptors (Lipinski definition) is 5. The summed E-state index contributed by atoms with van der Waals surface area (Å²) in [6, 6.07) is 7.86. The van der Waals surface area contributed by atoms with Gasteiger partial charge in [-0.25, -0.2) is 15.0 Å². The molecule has 2 N–H and O–H groups in total. The second kappa shape index (κ2) is 4.17. The molecular weight excluding hydrogens is 216 g/mol. The molecular formula is C11H10N6. The van der Waals surface area contributed by atoms with Gasteiger partial charge in [-0.1, -0.05) is 18.2 Å². The molecule has 0 aliphatic carbocycles. The normalized spacial score (nSPS) is 10.6. The van der Waals surface area contributed by atoms with Crippen LogP contribution in [0, 0.1) is 0 Å². The lowest BCUT2D eigenvalue weighted by molar-refractivity contribution is 0.939. The first-order valence-corrected chi connectivity index (χ1v) is 5.22. The van der Waals surface area contributed by atoms with E-state index in [0.29, 0.717) is 12.5 Å². The first kappa shape index (κ1) is 9.71. The second-order valence-corrected chi connectivity index (χ2v) is 3.54. The number of nitrogens with one attached hydrogen (secondary N) is 2. The van der Waals surface area contributed by atoms with E-state index in [-0.39, 0.29) is 0 Å². The first-order valence-electron chi connectivity index (χ1n) is 5.22. The lowest BCUT2D eigenvalue weighted by Crippen LogP contribution is -2.04. The van der Waals surface area contributed by atoms with Gasteiger partial charge in [-0.15, -0.1) is 0 Å². The number of anilines is 1. The number of aromatic nitrogens is 5. The van der Waals surface area contributed by atoms with Crippen LogP contribution in [0.25, 0.3) is 10.9 Å². The number of benzene rings is 1. The van der Waals surface area contributed by atoms with Crippen LogP contribution < -0.4 is 5.32 Å². The molecule has 0 radical (unpaired) electrons. The number of rotatable bonds is 3. The average Bonchev–Trinajstić information content (AvgIpc) is 2.89. The number of aromatic amines is 1. The Balaban J connectivity index is 1.81. The predicted molar refractivity (Wildman–Crippen MR) is 63.2 cm³/mol. The minimum Gasteiger partial charge on any atom is -0.347 e. The first-order chi connectivity index (χ1) is 8.42. The molecule has 0 aliphatic heterocycles. The number of H-pyrrole nitrogens is 1. The standard InChI is InChI=1S/C11H10N6/c1-2-4-9-8(3-1)5-12-11(16-9)13-6-10-14-7-15-17-10/h1-5,7H,6H2,(H,12,13,16)(H,14,15,17). The van der Waals surface area contributed by atoms with Crippen LogP contribution in [0.5, 0.6) is 0 Å². The molecule has 0 bridgehead atoms. The largest absolute Gasteiger partial charge is 0.347 e. The third-order valence-corrected chi connectivity index (χ3v) is 2.37. The van der Waals surface area contributed by atoms with Crippen LogP contribution in [0.2, 0.25) is 0 Å². The molecule has 2 aromatic heterocycles. The SMILES string of the molecule is c1ccc2nc(NCc3ncn[nH]3)ncc2c1. The van der Waals surface area contributed by atoms with Crippen LogP contribution in [0.1, 0.15) is 5.82 Å².